The number of rotatable bonds is 8. The lowest BCUT2D eigenvalue weighted by Gasteiger charge is -2.30. The highest BCUT2D eigenvalue weighted by Gasteiger charge is 2.25. The topological polar surface area (TPSA) is 74.5 Å². The maximum absolute atomic E-state index is 12.3. The molecular weight excluding hydrogens is 378 g/mol. The van der Waals surface area contributed by atoms with E-state index in [0.717, 1.165) is 51.0 Å². The van der Waals surface area contributed by atoms with Gasteiger partial charge in [0, 0.05) is 18.0 Å². The molecule has 0 aliphatic carbocycles. The van der Waals surface area contributed by atoms with Crippen molar-refractivity contribution in [3.8, 4) is 11.4 Å². The number of carbonyl (C=O) groups excluding carboxylic acids is 1. The molecule has 3 rings (SSSR count). The third-order valence-electron chi connectivity index (χ3n) is 4.98. The van der Waals surface area contributed by atoms with Crippen LogP contribution in [0.2, 0.25) is 5.02 Å². The van der Waals surface area contributed by atoms with E-state index in [1.54, 1.807) is 0 Å². The normalized spacial score (nSPS) is 15.9. The monoisotopic (exact) mass is 405 g/mol. The molecule has 1 aromatic heterocycles. The molecule has 152 valence electrons. The first-order chi connectivity index (χ1) is 13.5. The van der Waals surface area contributed by atoms with Crippen LogP contribution in [0.25, 0.3) is 11.4 Å². The van der Waals surface area contributed by atoms with E-state index in [1.807, 2.05) is 38.4 Å². The Balaban J connectivity index is 1.43. The summed E-state index contributed by atoms with van der Waals surface area (Å²) in [5, 5.41) is 7.71. The Labute approximate surface area is 171 Å². The van der Waals surface area contributed by atoms with Gasteiger partial charge in [-0.05, 0) is 65.1 Å². The number of hydrogen-bond acceptors (Lipinski definition) is 6. The van der Waals surface area contributed by atoms with Crippen molar-refractivity contribution in [1.82, 2.24) is 25.3 Å². The Kier molecular flexibility index (Phi) is 7.42. The molecule has 28 heavy (non-hydrogen) atoms. The molecule has 1 aliphatic heterocycles. The molecule has 0 saturated carbocycles. The maximum atomic E-state index is 12.3. The smallest absolute Gasteiger partial charge is 0.241 e. The van der Waals surface area contributed by atoms with E-state index in [9.17, 15) is 4.79 Å². The van der Waals surface area contributed by atoms with Gasteiger partial charge in [0.2, 0.25) is 17.6 Å². The van der Waals surface area contributed by atoms with Crippen molar-refractivity contribution in [2.75, 3.05) is 40.3 Å². The number of amides is 1. The Morgan fingerprint density at radius 1 is 1.32 bits per heavy atom. The highest BCUT2D eigenvalue weighted by atomic mass is 35.5. The second-order valence-corrected chi connectivity index (χ2v) is 7.90. The highest BCUT2D eigenvalue weighted by Crippen LogP contribution is 2.25. The Morgan fingerprint density at radius 3 is 2.79 bits per heavy atom. The van der Waals surface area contributed by atoms with Crippen LogP contribution < -0.4 is 5.32 Å². The van der Waals surface area contributed by atoms with Gasteiger partial charge in [0.15, 0.2) is 0 Å². The first-order valence-corrected chi connectivity index (χ1v) is 10.1. The second kappa shape index (κ2) is 10.0. The third-order valence-corrected chi connectivity index (χ3v) is 5.31. The number of nitrogens with zero attached hydrogens (tertiary/aromatic N) is 4. The van der Waals surface area contributed by atoms with Crippen LogP contribution in [-0.4, -0.2) is 66.1 Å². The minimum Gasteiger partial charge on any atom is -0.356 e. The largest absolute Gasteiger partial charge is 0.356 e. The fourth-order valence-corrected chi connectivity index (χ4v) is 3.59. The molecule has 1 fully saturated rings. The summed E-state index contributed by atoms with van der Waals surface area (Å²) >= 11 is 6.19. The highest BCUT2D eigenvalue weighted by molar-refractivity contribution is 6.33. The molecule has 0 spiro atoms. The standard InChI is InChI=1S/C20H28ClN5O2/c1-25(2)11-5-10-22-20(27)15-8-12-26(13-9-15)14-18-23-19(24-28-18)16-6-3-4-7-17(16)21/h3-4,6-7,15H,5,8-14H2,1-2H3,(H,22,27). The number of aromatic nitrogens is 2. The summed E-state index contributed by atoms with van der Waals surface area (Å²) in [4.78, 5) is 21.1. The number of halogens is 1. The first-order valence-electron chi connectivity index (χ1n) is 9.75. The van der Waals surface area contributed by atoms with Gasteiger partial charge in [-0.1, -0.05) is 28.9 Å². The Morgan fingerprint density at radius 2 is 2.07 bits per heavy atom. The molecule has 0 bridgehead atoms. The predicted molar refractivity (Wildman–Crippen MR) is 109 cm³/mol. The molecule has 1 aromatic carbocycles. The van der Waals surface area contributed by atoms with Crippen LogP contribution in [-0.2, 0) is 11.3 Å². The fraction of sp³-hybridized carbons (Fsp3) is 0.550. The molecule has 2 aromatic rings. The van der Waals surface area contributed by atoms with E-state index in [4.69, 9.17) is 16.1 Å². The van der Waals surface area contributed by atoms with Crippen molar-refractivity contribution in [3.05, 3.63) is 35.2 Å². The fourth-order valence-electron chi connectivity index (χ4n) is 3.37. The number of carbonyl (C=O) groups is 1. The summed E-state index contributed by atoms with van der Waals surface area (Å²) in [6.45, 7) is 4.01. The summed E-state index contributed by atoms with van der Waals surface area (Å²) in [5.74, 6) is 1.35. The molecule has 0 atom stereocenters. The van der Waals surface area contributed by atoms with Crippen molar-refractivity contribution in [1.29, 1.82) is 0 Å². The van der Waals surface area contributed by atoms with Gasteiger partial charge >= 0.3 is 0 Å². The van der Waals surface area contributed by atoms with Crippen LogP contribution in [0, 0.1) is 5.92 Å². The van der Waals surface area contributed by atoms with Crippen LogP contribution in [0.15, 0.2) is 28.8 Å². The van der Waals surface area contributed by atoms with Crippen molar-refractivity contribution in [2.24, 2.45) is 5.92 Å². The predicted octanol–water partition coefficient (Wildman–Crippen LogP) is 2.67. The van der Waals surface area contributed by atoms with Gasteiger partial charge in [0.1, 0.15) is 0 Å². The molecule has 1 N–H and O–H groups in total. The summed E-state index contributed by atoms with van der Waals surface area (Å²) in [6, 6.07) is 7.45. The molecule has 2 heterocycles. The van der Waals surface area contributed by atoms with Gasteiger partial charge in [-0.2, -0.15) is 4.98 Å². The number of benzene rings is 1. The minimum absolute atomic E-state index is 0.0944. The zero-order valence-electron chi connectivity index (χ0n) is 16.5. The van der Waals surface area contributed by atoms with Crippen molar-refractivity contribution >= 4 is 17.5 Å². The molecule has 1 amide bonds. The lowest BCUT2D eigenvalue weighted by atomic mass is 9.96. The van der Waals surface area contributed by atoms with Gasteiger partial charge in [0.25, 0.3) is 0 Å². The van der Waals surface area contributed by atoms with E-state index >= 15 is 0 Å². The van der Waals surface area contributed by atoms with E-state index in [0.29, 0.717) is 23.3 Å². The number of likely N-dealkylation sites (tertiary alicyclic amines) is 1. The van der Waals surface area contributed by atoms with Crippen molar-refractivity contribution in [3.63, 3.8) is 0 Å². The quantitative estimate of drug-likeness (QED) is 0.680. The van der Waals surface area contributed by atoms with Crippen molar-refractivity contribution < 1.29 is 9.32 Å². The van der Waals surface area contributed by atoms with Crippen molar-refractivity contribution in [2.45, 2.75) is 25.8 Å². The summed E-state index contributed by atoms with van der Waals surface area (Å²) in [7, 11) is 4.08. The summed E-state index contributed by atoms with van der Waals surface area (Å²) in [5.41, 5.74) is 0.767. The van der Waals surface area contributed by atoms with E-state index < -0.39 is 0 Å². The van der Waals surface area contributed by atoms with Crippen LogP contribution >= 0.6 is 11.6 Å². The van der Waals surface area contributed by atoms with E-state index in [-0.39, 0.29) is 11.8 Å². The molecule has 1 aliphatic rings. The molecular formula is C20H28ClN5O2. The molecule has 7 nitrogen and oxygen atoms in total. The van der Waals surface area contributed by atoms with Gasteiger partial charge in [0.05, 0.1) is 11.6 Å². The molecule has 8 heteroatoms. The van der Waals surface area contributed by atoms with Gasteiger partial charge in [-0.25, -0.2) is 0 Å². The number of piperidine rings is 1. The van der Waals surface area contributed by atoms with E-state index in [1.165, 1.54) is 0 Å². The Hall–Kier alpha value is -1.96. The van der Waals surface area contributed by atoms with E-state index in [2.05, 4.69) is 25.3 Å². The number of nitrogens with one attached hydrogen (secondary N) is 1. The van der Waals surface area contributed by atoms with Crippen LogP contribution in [0.4, 0.5) is 0 Å². The maximum Gasteiger partial charge on any atom is 0.241 e. The SMILES string of the molecule is CN(C)CCCNC(=O)C1CCN(Cc2nc(-c3ccccc3Cl)no2)CC1. The first kappa shape index (κ1) is 20.8. The minimum atomic E-state index is 0.0944. The average Bonchev–Trinajstić information content (AvgIpc) is 3.14. The lowest BCUT2D eigenvalue weighted by Crippen LogP contribution is -2.40. The third kappa shape index (κ3) is 5.77. The summed E-state index contributed by atoms with van der Waals surface area (Å²) < 4.78 is 5.39. The Bertz CT molecular complexity index is 771. The zero-order valence-corrected chi connectivity index (χ0v) is 17.3. The zero-order chi connectivity index (χ0) is 19.9. The van der Waals surface area contributed by atoms with Crippen LogP contribution in [0.5, 0.6) is 0 Å². The van der Waals surface area contributed by atoms with Gasteiger partial charge in [-0.3, -0.25) is 9.69 Å². The number of hydrogen-bond donors (Lipinski definition) is 1. The average molecular weight is 406 g/mol. The molecule has 1 saturated heterocycles. The van der Waals surface area contributed by atoms with Gasteiger partial charge in [-0.15, -0.1) is 0 Å². The lowest BCUT2D eigenvalue weighted by molar-refractivity contribution is -0.126. The molecule has 0 radical (unpaired) electrons. The molecule has 0 unspecified atom stereocenters. The van der Waals surface area contributed by atoms with Gasteiger partial charge < -0.3 is 14.7 Å². The van der Waals surface area contributed by atoms with Crippen LogP contribution in [0.3, 0.4) is 0 Å². The summed E-state index contributed by atoms with van der Waals surface area (Å²) in [6.07, 6.45) is 2.68. The second-order valence-electron chi connectivity index (χ2n) is 7.49. The van der Waals surface area contributed by atoms with Crippen LogP contribution in [0.1, 0.15) is 25.2 Å².